The van der Waals surface area contributed by atoms with E-state index in [4.69, 9.17) is 26.8 Å². The van der Waals surface area contributed by atoms with Crippen LogP contribution in [0, 0.1) is 0 Å². The number of nitrogens with one attached hydrogen (secondary N) is 1. The Hall–Kier alpha value is -3.77. The molecular weight excluding hydrogens is 526 g/mol. The van der Waals surface area contributed by atoms with Crippen LogP contribution in [0.25, 0.3) is 11.2 Å². The summed E-state index contributed by atoms with van der Waals surface area (Å²) in [5, 5.41) is 2.63. The van der Waals surface area contributed by atoms with Gasteiger partial charge in [-0.1, -0.05) is 30.3 Å². The summed E-state index contributed by atoms with van der Waals surface area (Å²) in [4.78, 5) is 52.7. The van der Waals surface area contributed by atoms with Gasteiger partial charge in [-0.15, -0.1) is 0 Å². The first-order chi connectivity index (χ1) is 18.9. The minimum Gasteiger partial charge on any atom is -0.459 e. The van der Waals surface area contributed by atoms with E-state index < -0.39 is 30.2 Å². The van der Waals surface area contributed by atoms with E-state index in [0.717, 1.165) is 37.7 Å². The van der Waals surface area contributed by atoms with Crippen LogP contribution in [0.15, 0.2) is 36.7 Å². The first-order valence-corrected chi connectivity index (χ1v) is 13.3. The highest BCUT2D eigenvalue weighted by Gasteiger charge is 2.35. The van der Waals surface area contributed by atoms with Gasteiger partial charge in [-0.25, -0.2) is 9.78 Å². The molecule has 0 radical (unpaired) electrons. The van der Waals surface area contributed by atoms with Crippen LogP contribution in [0.2, 0.25) is 5.28 Å². The molecule has 5 rings (SSSR count). The maximum absolute atomic E-state index is 13.2. The van der Waals surface area contributed by atoms with Crippen LogP contribution in [-0.2, 0) is 30.5 Å². The molecule has 13 heteroatoms. The molecule has 2 aliphatic rings. The van der Waals surface area contributed by atoms with Crippen LogP contribution in [0.3, 0.4) is 0 Å². The molecular formula is C26H30ClN7O5. The fourth-order valence-electron chi connectivity index (χ4n) is 4.61. The number of primary amides is 1. The smallest absolute Gasteiger partial charge is 0.329 e. The van der Waals surface area contributed by atoms with Crippen molar-refractivity contribution in [2.45, 2.75) is 63.4 Å². The van der Waals surface area contributed by atoms with Gasteiger partial charge in [-0.2, -0.15) is 9.97 Å². The number of hydrogen-bond donors (Lipinski definition) is 2. The van der Waals surface area contributed by atoms with Gasteiger partial charge in [0.25, 0.3) is 0 Å². The monoisotopic (exact) mass is 555 g/mol. The summed E-state index contributed by atoms with van der Waals surface area (Å²) in [7, 11) is 0. The molecule has 3 heterocycles. The number of ether oxygens (including phenoxy) is 2. The number of carbonyl (C=O) groups is 3. The minimum absolute atomic E-state index is 0.00376. The van der Waals surface area contributed by atoms with Crippen LogP contribution < -0.4 is 16.0 Å². The van der Waals surface area contributed by atoms with Gasteiger partial charge >= 0.3 is 5.97 Å². The summed E-state index contributed by atoms with van der Waals surface area (Å²) >= 11 is 6.32. The number of halogens is 1. The molecule has 1 unspecified atom stereocenters. The Morgan fingerprint density at radius 1 is 1.18 bits per heavy atom. The van der Waals surface area contributed by atoms with E-state index >= 15 is 0 Å². The van der Waals surface area contributed by atoms with Gasteiger partial charge in [-0.05, 0) is 49.3 Å². The largest absolute Gasteiger partial charge is 0.459 e. The molecule has 0 spiro atoms. The summed E-state index contributed by atoms with van der Waals surface area (Å²) in [5.74, 6) is -1.56. The lowest BCUT2D eigenvalue weighted by molar-refractivity contribution is -0.150. The third-order valence-corrected chi connectivity index (χ3v) is 6.83. The van der Waals surface area contributed by atoms with Crippen LogP contribution in [0.5, 0.6) is 0 Å². The average molecular weight is 556 g/mol. The molecule has 12 nitrogen and oxygen atoms in total. The Morgan fingerprint density at radius 3 is 2.67 bits per heavy atom. The Bertz CT molecular complexity index is 1340. The van der Waals surface area contributed by atoms with E-state index in [2.05, 4.69) is 20.3 Å². The van der Waals surface area contributed by atoms with Gasteiger partial charge in [-0.3, -0.25) is 14.2 Å². The lowest BCUT2D eigenvalue weighted by atomic mass is 10.2. The number of rotatable bonds is 11. The molecule has 3 aromatic rings. The summed E-state index contributed by atoms with van der Waals surface area (Å²) in [6, 6.07) is 7.91. The van der Waals surface area contributed by atoms with E-state index in [9.17, 15) is 14.4 Å². The quantitative estimate of drug-likeness (QED) is 0.268. The molecule has 2 atom stereocenters. The van der Waals surface area contributed by atoms with Crippen molar-refractivity contribution in [1.82, 2.24) is 24.8 Å². The first kappa shape index (κ1) is 26.8. The molecule has 206 valence electrons. The number of anilines is 1. The zero-order chi connectivity index (χ0) is 27.4. The van der Waals surface area contributed by atoms with Crippen molar-refractivity contribution >= 4 is 46.4 Å². The van der Waals surface area contributed by atoms with Gasteiger partial charge < -0.3 is 25.4 Å². The Kier molecular flexibility index (Phi) is 8.22. The lowest BCUT2D eigenvalue weighted by Crippen LogP contribution is -2.48. The van der Waals surface area contributed by atoms with Gasteiger partial charge in [0.05, 0.1) is 19.3 Å². The number of hydrogen-bond acceptors (Lipinski definition) is 9. The van der Waals surface area contributed by atoms with Crippen LogP contribution in [0.4, 0.5) is 5.82 Å². The number of amides is 2. The minimum atomic E-state index is -1.23. The molecule has 1 aromatic carbocycles. The standard InChI is InChI=1S/C26H30ClN7O5/c27-26-31-23(22-24(32-26)34(15-29-22)21-8-4-5-11-38-21)33(17-9-10-17)13-20(36)30-18(12-19(28)35)25(37)39-14-16-6-2-1-3-7-16/h1-3,6-7,15,17-18,21H,4-5,8-14H2,(H2,28,35)(H,30,36)/t18-,21?/m0/s1. The van der Waals surface area contributed by atoms with Gasteiger partial charge in [0.15, 0.2) is 17.0 Å². The maximum atomic E-state index is 13.2. The summed E-state index contributed by atoms with van der Waals surface area (Å²) in [6.45, 7) is 0.523. The van der Waals surface area contributed by atoms with Crippen LogP contribution >= 0.6 is 11.6 Å². The van der Waals surface area contributed by atoms with Crippen molar-refractivity contribution in [3.8, 4) is 0 Å². The highest BCUT2D eigenvalue weighted by atomic mass is 35.5. The number of nitrogens with zero attached hydrogens (tertiary/aromatic N) is 5. The third-order valence-electron chi connectivity index (χ3n) is 6.66. The van der Waals surface area contributed by atoms with E-state index in [0.29, 0.717) is 23.6 Å². The maximum Gasteiger partial charge on any atom is 0.329 e. The number of fused-ring (bicyclic) bond motifs is 1. The highest BCUT2D eigenvalue weighted by Crippen LogP contribution is 2.35. The number of benzene rings is 1. The summed E-state index contributed by atoms with van der Waals surface area (Å²) in [5.41, 5.74) is 7.15. The van der Waals surface area contributed by atoms with E-state index in [1.165, 1.54) is 0 Å². The molecule has 2 fully saturated rings. The lowest BCUT2D eigenvalue weighted by Gasteiger charge is -2.25. The zero-order valence-electron chi connectivity index (χ0n) is 21.3. The molecule has 1 saturated carbocycles. The second-order valence-electron chi connectivity index (χ2n) is 9.70. The molecule has 3 N–H and O–H groups in total. The van der Waals surface area contributed by atoms with Gasteiger partial charge in [0.1, 0.15) is 18.9 Å². The van der Waals surface area contributed by atoms with Crippen molar-refractivity contribution in [1.29, 1.82) is 0 Å². The molecule has 0 bridgehead atoms. The summed E-state index contributed by atoms with van der Waals surface area (Å²) in [6.07, 6.45) is 5.65. The number of carbonyl (C=O) groups excluding carboxylic acids is 3. The number of imidazole rings is 1. The predicted octanol–water partition coefficient (Wildman–Crippen LogP) is 2.25. The number of esters is 1. The van der Waals surface area contributed by atoms with Crippen molar-refractivity contribution in [3.05, 3.63) is 47.5 Å². The second kappa shape index (κ2) is 12.0. The SMILES string of the molecule is NC(=O)C[C@H](NC(=O)CN(c1nc(Cl)nc2c1ncn2C1CCCCO1)C1CC1)C(=O)OCc1ccccc1. The highest BCUT2D eigenvalue weighted by molar-refractivity contribution is 6.28. The van der Waals surface area contributed by atoms with Crippen molar-refractivity contribution in [3.63, 3.8) is 0 Å². The Labute approximate surface area is 229 Å². The van der Waals surface area contributed by atoms with Crippen LogP contribution in [0.1, 0.15) is 50.3 Å². The van der Waals surface area contributed by atoms with Crippen molar-refractivity contribution < 1.29 is 23.9 Å². The Balaban J connectivity index is 1.32. The molecule has 39 heavy (non-hydrogen) atoms. The van der Waals surface area contributed by atoms with Crippen molar-refractivity contribution in [2.24, 2.45) is 5.73 Å². The number of nitrogens with two attached hydrogens (primary N) is 1. The molecule has 1 aliphatic heterocycles. The fraction of sp³-hybridized carbons (Fsp3) is 0.462. The predicted molar refractivity (Wildman–Crippen MR) is 142 cm³/mol. The van der Waals surface area contributed by atoms with Crippen LogP contribution in [-0.4, -0.2) is 62.5 Å². The first-order valence-electron chi connectivity index (χ1n) is 13.0. The summed E-state index contributed by atoms with van der Waals surface area (Å²) < 4.78 is 13.1. The molecule has 2 amide bonds. The normalized spacial score (nSPS) is 17.9. The topological polar surface area (TPSA) is 155 Å². The van der Waals surface area contributed by atoms with E-state index in [-0.39, 0.29) is 30.7 Å². The number of aromatic nitrogens is 4. The fourth-order valence-corrected chi connectivity index (χ4v) is 4.77. The average Bonchev–Trinajstić information content (AvgIpc) is 3.69. The molecule has 2 aromatic heterocycles. The van der Waals surface area contributed by atoms with E-state index in [1.54, 1.807) is 23.4 Å². The van der Waals surface area contributed by atoms with Crippen molar-refractivity contribution in [2.75, 3.05) is 18.1 Å². The second-order valence-corrected chi connectivity index (χ2v) is 10.0. The molecule has 1 saturated heterocycles. The third kappa shape index (κ3) is 6.63. The van der Waals surface area contributed by atoms with Gasteiger partial charge in [0.2, 0.25) is 17.1 Å². The zero-order valence-corrected chi connectivity index (χ0v) is 22.0. The van der Waals surface area contributed by atoms with Gasteiger partial charge in [0, 0.05) is 12.6 Å². The van der Waals surface area contributed by atoms with E-state index in [1.807, 2.05) is 22.8 Å². The molecule has 1 aliphatic carbocycles. The Morgan fingerprint density at radius 2 is 1.97 bits per heavy atom.